The van der Waals surface area contributed by atoms with E-state index in [1.165, 1.54) is 6.08 Å². The SMILES string of the molecule is C=CC[C@H](NC(=O)C(C)(F)F)[C@H](O)CN[C@H]1CC2(CCC2)Oc2ncc(CC(C)(C)C)cc21. The van der Waals surface area contributed by atoms with Crippen LogP contribution in [0.15, 0.2) is 24.9 Å². The number of halogens is 2. The summed E-state index contributed by atoms with van der Waals surface area (Å²) in [4.78, 5) is 16.4. The molecule has 0 aromatic carbocycles. The average molecular weight is 466 g/mol. The first-order valence-corrected chi connectivity index (χ1v) is 11.7. The summed E-state index contributed by atoms with van der Waals surface area (Å²) in [7, 11) is 0. The number of nitrogens with zero attached hydrogens (tertiary/aromatic N) is 1. The van der Waals surface area contributed by atoms with E-state index in [2.05, 4.69) is 49.0 Å². The molecule has 33 heavy (non-hydrogen) atoms. The van der Waals surface area contributed by atoms with Crippen molar-refractivity contribution in [3.05, 3.63) is 36.0 Å². The van der Waals surface area contributed by atoms with Gasteiger partial charge in [0.25, 0.3) is 5.91 Å². The minimum Gasteiger partial charge on any atom is -0.471 e. The maximum atomic E-state index is 13.4. The number of amides is 1. The predicted molar refractivity (Wildman–Crippen MR) is 123 cm³/mol. The summed E-state index contributed by atoms with van der Waals surface area (Å²) < 4.78 is 33.0. The third-order valence-corrected chi connectivity index (χ3v) is 6.37. The third-order valence-electron chi connectivity index (χ3n) is 6.37. The summed E-state index contributed by atoms with van der Waals surface area (Å²) >= 11 is 0. The third kappa shape index (κ3) is 6.51. The van der Waals surface area contributed by atoms with E-state index in [1.54, 1.807) is 0 Å². The minimum atomic E-state index is -3.52. The van der Waals surface area contributed by atoms with Crippen LogP contribution in [0.1, 0.15) is 77.0 Å². The van der Waals surface area contributed by atoms with Gasteiger partial charge in [0.2, 0.25) is 5.88 Å². The van der Waals surface area contributed by atoms with Crippen molar-refractivity contribution in [2.75, 3.05) is 6.54 Å². The molecule has 0 bridgehead atoms. The molecule has 184 valence electrons. The Morgan fingerprint density at radius 3 is 2.64 bits per heavy atom. The Balaban J connectivity index is 1.75. The van der Waals surface area contributed by atoms with Gasteiger partial charge in [-0.2, -0.15) is 8.78 Å². The van der Waals surface area contributed by atoms with Gasteiger partial charge in [0.15, 0.2) is 0 Å². The molecule has 3 atom stereocenters. The highest BCUT2D eigenvalue weighted by Crippen LogP contribution is 2.48. The fraction of sp³-hybridized carbons (Fsp3) is 0.680. The Bertz CT molecular complexity index is 859. The summed E-state index contributed by atoms with van der Waals surface area (Å²) in [6.45, 7) is 10.8. The van der Waals surface area contributed by atoms with Crippen molar-refractivity contribution in [1.29, 1.82) is 0 Å². The number of aliphatic hydroxyl groups is 1. The average Bonchev–Trinajstić information content (AvgIpc) is 2.68. The van der Waals surface area contributed by atoms with E-state index in [0.717, 1.165) is 43.2 Å². The van der Waals surface area contributed by atoms with Gasteiger partial charge in [-0.1, -0.05) is 26.8 Å². The molecule has 0 unspecified atom stereocenters. The molecule has 3 N–H and O–H groups in total. The highest BCUT2D eigenvalue weighted by Gasteiger charge is 2.46. The van der Waals surface area contributed by atoms with E-state index in [-0.39, 0.29) is 30.0 Å². The van der Waals surface area contributed by atoms with Crippen LogP contribution in [0.2, 0.25) is 0 Å². The quantitative estimate of drug-likeness (QED) is 0.479. The normalized spacial score (nSPS) is 21.4. The van der Waals surface area contributed by atoms with Crippen LogP contribution in [0, 0.1) is 5.41 Å². The molecule has 8 heteroatoms. The summed E-state index contributed by atoms with van der Waals surface area (Å²) in [6.07, 6.45) is 7.11. The van der Waals surface area contributed by atoms with Crippen LogP contribution in [0.25, 0.3) is 0 Å². The highest BCUT2D eigenvalue weighted by molar-refractivity contribution is 5.83. The Hall–Kier alpha value is -2.06. The number of nitrogens with one attached hydrogen (secondary N) is 2. The number of rotatable bonds is 9. The molecule has 0 radical (unpaired) electrons. The molecule has 1 aromatic heterocycles. The standard InChI is InChI=1S/C25H37F2N3O3/c1-6-8-18(30-22(32)24(5,26)27)20(31)15-28-19-13-25(9-7-10-25)33-21-17(19)11-16(14-29-21)12-23(2,3)4/h6,11,14,18-20,28,31H,1,7-10,12-13,15H2,2-5H3,(H,30,32)/t18-,19-,20+/m0/s1. The van der Waals surface area contributed by atoms with Crippen molar-refractivity contribution in [3.8, 4) is 5.88 Å². The van der Waals surface area contributed by atoms with Crippen LogP contribution >= 0.6 is 0 Å². The lowest BCUT2D eigenvalue weighted by Crippen LogP contribution is -2.53. The number of hydrogen-bond acceptors (Lipinski definition) is 5. The fourth-order valence-electron chi connectivity index (χ4n) is 4.54. The van der Waals surface area contributed by atoms with E-state index in [9.17, 15) is 18.7 Å². The minimum absolute atomic E-state index is 0.0937. The highest BCUT2D eigenvalue weighted by atomic mass is 19.3. The molecule has 1 fully saturated rings. The second kappa shape index (κ2) is 9.66. The molecular formula is C25H37F2N3O3. The van der Waals surface area contributed by atoms with Crippen molar-refractivity contribution >= 4 is 5.91 Å². The lowest BCUT2D eigenvalue weighted by atomic mass is 9.73. The van der Waals surface area contributed by atoms with Crippen LogP contribution in [0.4, 0.5) is 8.78 Å². The molecule has 1 aliphatic heterocycles. The number of hydrogen-bond donors (Lipinski definition) is 3. The smallest absolute Gasteiger partial charge is 0.321 e. The van der Waals surface area contributed by atoms with Gasteiger partial charge in [-0.3, -0.25) is 4.79 Å². The zero-order valence-electron chi connectivity index (χ0n) is 20.1. The van der Waals surface area contributed by atoms with Gasteiger partial charge in [-0.25, -0.2) is 4.98 Å². The molecular weight excluding hydrogens is 428 g/mol. The second-order valence-corrected chi connectivity index (χ2v) is 10.8. The number of fused-ring (bicyclic) bond motifs is 1. The van der Waals surface area contributed by atoms with Gasteiger partial charge >= 0.3 is 5.92 Å². The van der Waals surface area contributed by atoms with E-state index in [1.807, 2.05) is 6.20 Å². The second-order valence-electron chi connectivity index (χ2n) is 10.8. The van der Waals surface area contributed by atoms with Gasteiger partial charge in [0, 0.05) is 37.7 Å². The summed E-state index contributed by atoms with van der Waals surface area (Å²) in [5.74, 6) is -4.31. The van der Waals surface area contributed by atoms with Crippen LogP contribution < -0.4 is 15.4 Å². The molecule has 1 spiro atoms. The topological polar surface area (TPSA) is 83.5 Å². The maximum absolute atomic E-state index is 13.4. The van der Waals surface area contributed by atoms with Crippen molar-refractivity contribution in [3.63, 3.8) is 0 Å². The molecule has 2 aliphatic rings. The van der Waals surface area contributed by atoms with Gasteiger partial charge in [-0.15, -0.1) is 6.58 Å². The number of alkyl halides is 2. The Morgan fingerprint density at radius 1 is 1.39 bits per heavy atom. The zero-order valence-corrected chi connectivity index (χ0v) is 20.1. The van der Waals surface area contributed by atoms with Crippen molar-refractivity contribution in [1.82, 2.24) is 15.6 Å². The van der Waals surface area contributed by atoms with Crippen molar-refractivity contribution < 1.29 is 23.4 Å². The molecule has 2 heterocycles. The number of pyridine rings is 1. The predicted octanol–water partition coefficient (Wildman–Crippen LogP) is 4.08. The Morgan fingerprint density at radius 2 is 2.09 bits per heavy atom. The number of carbonyl (C=O) groups is 1. The van der Waals surface area contributed by atoms with E-state index in [4.69, 9.17) is 4.74 Å². The first kappa shape index (κ1) is 25.6. The number of aromatic nitrogens is 1. The molecule has 0 saturated heterocycles. The van der Waals surface area contributed by atoms with E-state index < -0.39 is 24.0 Å². The number of ether oxygens (including phenoxy) is 1. The molecule has 1 aliphatic carbocycles. The van der Waals surface area contributed by atoms with E-state index >= 15 is 0 Å². The monoisotopic (exact) mass is 465 g/mol. The largest absolute Gasteiger partial charge is 0.471 e. The van der Waals surface area contributed by atoms with Gasteiger partial charge in [-0.05, 0) is 49.1 Å². The lowest BCUT2D eigenvalue weighted by molar-refractivity contribution is -0.144. The van der Waals surface area contributed by atoms with Gasteiger partial charge in [0.1, 0.15) is 5.60 Å². The van der Waals surface area contributed by atoms with Gasteiger partial charge in [0.05, 0.1) is 12.1 Å². The lowest BCUT2D eigenvalue weighted by Gasteiger charge is -2.47. The van der Waals surface area contributed by atoms with Crippen LogP contribution in [0.3, 0.4) is 0 Å². The van der Waals surface area contributed by atoms with Crippen LogP contribution in [-0.2, 0) is 11.2 Å². The summed E-state index contributed by atoms with van der Waals surface area (Å²) in [6, 6.07) is 1.16. The van der Waals surface area contributed by atoms with Crippen LogP contribution in [-0.4, -0.2) is 46.2 Å². The zero-order chi connectivity index (χ0) is 24.4. The maximum Gasteiger partial charge on any atom is 0.321 e. The Kier molecular flexibility index (Phi) is 7.49. The number of carbonyl (C=O) groups excluding carboxylic acids is 1. The molecule has 6 nitrogen and oxygen atoms in total. The molecule has 1 amide bonds. The Labute approximate surface area is 195 Å². The number of aliphatic hydroxyl groups excluding tert-OH is 1. The summed E-state index contributed by atoms with van der Waals surface area (Å²) in [5.41, 5.74) is 1.93. The molecule has 3 rings (SSSR count). The van der Waals surface area contributed by atoms with Crippen molar-refractivity contribution in [2.45, 2.75) is 95.9 Å². The van der Waals surface area contributed by atoms with Gasteiger partial charge < -0.3 is 20.5 Å². The van der Waals surface area contributed by atoms with E-state index in [0.29, 0.717) is 12.8 Å². The van der Waals surface area contributed by atoms with Crippen molar-refractivity contribution in [2.24, 2.45) is 5.41 Å². The fourth-order valence-corrected chi connectivity index (χ4v) is 4.54. The van der Waals surface area contributed by atoms with Crippen LogP contribution in [0.5, 0.6) is 5.88 Å². The molecule has 1 aromatic rings. The molecule has 1 saturated carbocycles. The summed E-state index contributed by atoms with van der Waals surface area (Å²) in [5, 5.41) is 16.4. The first-order chi connectivity index (χ1) is 15.3. The first-order valence-electron chi connectivity index (χ1n) is 11.7.